The van der Waals surface area contributed by atoms with E-state index in [0.717, 1.165) is 19.6 Å². The SMILES string of the molecule is Cc1ccc(CN(C)CC2(CN)CC2)c(C)c1. The first-order valence-electron chi connectivity index (χ1n) is 6.49. The van der Waals surface area contributed by atoms with Crippen LogP contribution in [0.1, 0.15) is 29.5 Å². The van der Waals surface area contributed by atoms with Crippen molar-refractivity contribution < 1.29 is 0 Å². The molecule has 1 aliphatic carbocycles. The van der Waals surface area contributed by atoms with Crippen molar-refractivity contribution in [2.75, 3.05) is 20.1 Å². The maximum absolute atomic E-state index is 5.83. The molecule has 0 spiro atoms. The number of hydrogen-bond acceptors (Lipinski definition) is 2. The average Bonchev–Trinajstić information content (AvgIpc) is 3.03. The smallest absolute Gasteiger partial charge is 0.0233 e. The van der Waals surface area contributed by atoms with E-state index in [4.69, 9.17) is 5.73 Å². The minimum atomic E-state index is 0.438. The zero-order chi connectivity index (χ0) is 12.5. The number of benzene rings is 1. The van der Waals surface area contributed by atoms with Crippen LogP contribution in [0.2, 0.25) is 0 Å². The fraction of sp³-hybridized carbons (Fsp3) is 0.600. The number of rotatable bonds is 5. The normalized spacial score (nSPS) is 17.5. The van der Waals surface area contributed by atoms with Crippen LogP contribution in [-0.2, 0) is 6.54 Å². The van der Waals surface area contributed by atoms with Crippen LogP contribution in [-0.4, -0.2) is 25.0 Å². The molecular weight excluding hydrogens is 208 g/mol. The lowest BCUT2D eigenvalue weighted by atomic mass is 10.0. The van der Waals surface area contributed by atoms with Gasteiger partial charge in [-0.05, 0) is 56.8 Å². The lowest BCUT2D eigenvalue weighted by Crippen LogP contribution is -2.31. The zero-order valence-electron chi connectivity index (χ0n) is 11.3. The summed E-state index contributed by atoms with van der Waals surface area (Å²) in [5.41, 5.74) is 10.4. The third kappa shape index (κ3) is 3.08. The molecule has 0 aromatic heterocycles. The largest absolute Gasteiger partial charge is 0.330 e. The summed E-state index contributed by atoms with van der Waals surface area (Å²) in [5.74, 6) is 0. The molecule has 1 aliphatic rings. The molecule has 0 atom stereocenters. The van der Waals surface area contributed by atoms with Crippen molar-refractivity contribution in [3.63, 3.8) is 0 Å². The van der Waals surface area contributed by atoms with Crippen molar-refractivity contribution in [3.05, 3.63) is 34.9 Å². The van der Waals surface area contributed by atoms with Gasteiger partial charge in [0.1, 0.15) is 0 Å². The first-order valence-corrected chi connectivity index (χ1v) is 6.49. The molecule has 0 bridgehead atoms. The standard InChI is InChI=1S/C15H24N2/c1-12-4-5-14(13(2)8-12)9-17(3)11-15(10-16)6-7-15/h4-5,8H,6-7,9-11,16H2,1-3H3. The van der Waals surface area contributed by atoms with E-state index in [1.165, 1.54) is 29.5 Å². The Bertz CT molecular complexity index is 394. The minimum Gasteiger partial charge on any atom is -0.330 e. The highest BCUT2D eigenvalue weighted by molar-refractivity contribution is 5.30. The Morgan fingerprint density at radius 3 is 2.53 bits per heavy atom. The molecule has 1 aromatic rings. The molecule has 1 aromatic carbocycles. The molecule has 1 fully saturated rings. The monoisotopic (exact) mass is 232 g/mol. The molecule has 94 valence electrons. The maximum Gasteiger partial charge on any atom is 0.0233 e. The van der Waals surface area contributed by atoms with Gasteiger partial charge in [-0.25, -0.2) is 0 Å². The third-order valence-corrected chi connectivity index (χ3v) is 3.93. The van der Waals surface area contributed by atoms with E-state index in [9.17, 15) is 0 Å². The summed E-state index contributed by atoms with van der Waals surface area (Å²) in [5, 5.41) is 0. The summed E-state index contributed by atoms with van der Waals surface area (Å²) >= 11 is 0. The molecule has 2 nitrogen and oxygen atoms in total. The Labute approximate surface area is 105 Å². The van der Waals surface area contributed by atoms with Gasteiger partial charge in [-0.1, -0.05) is 23.8 Å². The summed E-state index contributed by atoms with van der Waals surface area (Å²) in [7, 11) is 2.20. The van der Waals surface area contributed by atoms with Crippen LogP contribution < -0.4 is 5.73 Å². The predicted octanol–water partition coefficient (Wildman–Crippen LogP) is 2.47. The topological polar surface area (TPSA) is 29.3 Å². The highest BCUT2D eigenvalue weighted by atomic mass is 15.1. The van der Waals surface area contributed by atoms with Gasteiger partial charge >= 0.3 is 0 Å². The fourth-order valence-electron chi connectivity index (χ4n) is 2.55. The number of aryl methyl sites for hydroxylation is 2. The van der Waals surface area contributed by atoms with Crippen molar-refractivity contribution in [3.8, 4) is 0 Å². The molecule has 0 aliphatic heterocycles. The Morgan fingerprint density at radius 1 is 1.29 bits per heavy atom. The van der Waals surface area contributed by atoms with Crippen molar-refractivity contribution >= 4 is 0 Å². The van der Waals surface area contributed by atoms with E-state index in [0.29, 0.717) is 5.41 Å². The van der Waals surface area contributed by atoms with Crippen molar-refractivity contribution in [1.29, 1.82) is 0 Å². The third-order valence-electron chi connectivity index (χ3n) is 3.93. The molecule has 0 unspecified atom stereocenters. The van der Waals surface area contributed by atoms with Gasteiger partial charge < -0.3 is 10.6 Å². The number of nitrogens with zero attached hydrogens (tertiary/aromatic N) is 1. The first kappa shape index (κ1) is 12.6. The maximum atomic E-state index is 5.83. The Hall–Kier alpha value is -0.860. The van der Waals surface area contributed by atoms with E-state index >= 15 is 0 Å². The molecular formula is C15H24N2. The average molecular weight is 232 g/mol. The zero-order valence-corrected chi connectivity index (χ0v) is 11.3. The van der Waals surface area contributed by atoms with Gasteiger partial charge in [0.25, 0.3) is 0 Å². The number of nitrogens with two attached hydrogens (primary N) is 1. The molecule has 0 radical (unpaired) electrons. The number of hydrogen-bond donors (Lipinski definition) is 1. The quantitative estimate of drug-likeness (QED) is 0.845. The Kier molecular flexibility index (Phi) is 3.55. The summed E-state index contributed by atoms with van der Waals surface area (Å²) < 4.78 is 0. The van der Waals surface area contributed by atoms with Gasteiger partial charge in [-0.2, -0.15) is 0 Å². The van der Waals surface area contributed by atoms with E-state index < -0.39 is 0 Å². The van der Waals surface area contributed by atoms with Gasteiger partial charge in [-0.3, -0.25) is 0 Å². The van der Waals surface area contributed by atoms with Crippen molar-refractivity contribution in [2.24, 2.45) is 11.1 Å². The predicted molar refractivity (Wildman–Crippen MR) is 73.0 cm³/mol. The van der Waals surface area contributed by atoms with Crippen molar-refractivity contribution in [2.45, 2.75) is 33.2 Å². The highest BCUT2D eigenvalue weighted by Gasteiger charge is 2.41. The van der Waals surface area contributed by atoms with Crippen LogP contribution in [0.3, 0.4) is 0 Å². The highest BCUT2D eigenvalue weighted by Crippen LogP contribution is 2.45. The second-order valence-corrected chi connectivity index (χ2v) is 5.81. The minimum absolute atomic E-state index is 0.438. The summed E-state index contributed by atoms with van der Waals surface area (Å²) in [6.45, 7) is 7.36. The van der Waals surface area contributed by atoms with Gasteiger partial charge in [0.2, 0.25) is 0 Å². The summed E-state index contributed by atoms with van der Waals surface area (Å²) in [6, 6.07) is 6.72. The van der Waals surface area contributed by atoms with Crippen LogP contribution in [0.5, 0.6) is 0 Å². The van der Waals surface area contributed by atoms with Crippen molar-refractivity contribution in [1.82, 2.24) is 4.90 Å². The van der Waals surface area contributed by atoms with Gasteiger partial charge in [0, 0.05) is 13.1 Å². The lowest BCUT2D eigenvalue weighted by molar-refractivity contribution is 0.259. The first-order chi connectivity index (χ1) is 8.04. The molecule has 0 heterocycles. The summed E-state index contributed by atoms with van der Waals surface area (Å²) in [4.78, 5) is 2.41. The second kappa shape index (κ2) is 4.79. The second-order valence-electron chi connectivity index (χ2n) is 5.81. The molecule has 2 rings (SSSR count). The van der Waals surface area contributed by atoms with Gasteiger partial charge in [0.15, 0.2) is 0 Å². The van der Waals surface area contributed by atoms with Gasteiger partial charge in [0.05, 0.1) is 0 Å². The van der Waals surface area contributed by atoms with E-state index in [-0.39, 0.29) is 0 Å². The van der Waals surface area contributed by atoms with Crippen LogP contribution in [0, 0.1) is 19.3 Å². The van der Waals surface area contributed by atoms with Gasteiger partial charge in [-0.15, -0.1) is 0 Å². The van der Waals surface area contributed by atoms with Crippen LogP contribution in [0.4, 0.5) is 0 Å². The Morgan fingerprint density at radius 2 is 2.00 bits per heavy atom. The van der Waals surface area contributed by atoms with Crippen LogP contribution >= 0.6 is 0 Å². The van der Waals surface area contributed by atoms with Crippen LogP contribution in [0.15, 0.2) is 18.2 Å². The van der Waals surface area contributed by atoms with E-state index in [1.807, 2.05) is 0 Å². The molecule has 0 amide bonds. The molecule has 17 heavy (non-hydrogen) atoms. The fourth-order valence-corrected chi connectivity index (χ4v) is 2.55. The molecule has 2 N–H and O–H groups in total. The molecule has 1 saturated carbocycles. The van der Waals surface area contributed by atoms with Crippen LogP contribution in [0.25, 0.3) is 0 Å². The summed E-state index contributed by atoms with van der Waals surface area (Å²) in [6.07, 6.45) is 2.61. The van der Waals surface area contributed by atoms with E-state index in [1.54, 1.807) is 0 Å². The Balaban J connectivity index is 1.96. The molecule has 0 saturated heterocycles. The lowest BCUT2D eigenvalue weighted by Gasteiger charge is -2.23. The van der Waals surface area contributed by atoms with E-state index in [2.05, 4.69) is 44.0 Å². The molecule has 2 heteroatoms.